The van der Waals surface area contributed by atoms with Crippen LogP contribution in [-0.4, -0.2) is 53.7 Å². The number of hydrogen-bond donors (Lipinski definition) is 3. The van der Waals surface area contributed by atoms with Crippen LogP contribution >= 0.6 is 11.3 Å². The Bertz CT molecular complexity index is 1310. The number of benzene rings is 2. The van der Waals surface area contributed by atoms with Gasteiger partial charge >= 0.3 is 4.87 Å². The molecule has 1 saturated heterocycles. The van der Waals surface area contributed by atoms with Crippen LogP contribution in [0.2, 0.25) is 0 Å². The number of ether oxygens (including phenoxy) is 1. The third-order valence-corrected chi connectivity index (χ3v) is 7.85. The minimum atomic E-state index is -0.188. The molecule has 3 aromatic rings. The van der Waals surface area contributed by atoms with E-state index in [0.717, 1.165) is 61.4 Å². The second-order valence-electron chi connectivity index (χ2n) is 9.55. The van der Waals surface area contributed by atoms with Gasteiger partial charge in [-0.1, -0.05) is 11.3 Å². The van der Waals surface area contributed by atoms with Crippen LogP contribution in [0.3, 0.4) is 0 Å². The predicted octanol–water partition coefficient (Wildman–Crippen LogP) is 3.43. The lowest BCUT2D eigenvalue weighted by Crippen LogP contribution is -2.48. The van der Waals surface area contributed by atoms with E-state index in [1.165, 1.54) is 0 Å². The molecule has 190 valence electrons. The molecule has 2 aliphatic rings. The van der Waals surface area contributed by atoms with Crippen LogP contribution in [0.25, 0.3) is 0 Å². The minimum Gasteiger partial charge on any atom is -0.489 e. The average Bonchev–Trinajstić information content (AvgIpc) is 3.32. The number of aromatic amines is 1. The number of rotatable bonds is 6. The molecule has 2 aliphatic heterocycles. The van der Waals surface area contributed by atoms with Gasteiger partial charge in [0.1, 0.15) is 23.2 Å². The molecule has 0 unspecified atom stereocenters. The standard InChI is InChI=1S/C26H30FN5O3S/c1-15-12-17(19-4-3-10-28-23(19)22(15)27)14-35-18-7-5-16(6-8-18)24(33)29-21-9-11-32(2)13-20(21)25-30-31-26(34)36-25/h5-8,12,20-21,28H,3-4,9-11,13-14H2,1-2H3,(H,29,33)(H,31,34)/t20-,21+/m0/s1. The number of H-pyrrole nitrogens is 1. The first-order chi connectivity index (χ1) is 17.4. The van der Waals surface area contributed by atoms with E-state index in [4.69, 9.17) is 4.74 Å². The van der Waals surface area contributed by atoms with Crippen molar-refractivity contribution >= 4 is 22.9 Å². The maximum absolute atomic E-state index is 14.5. The lowest BCUT2D eigenvalue weighted by Gasteiger charge is -2.35. The summed E-state index contributed by atoms with van der Waals surface area (Å²) in [5.74, 6) is 0.249. The first-order valence-corrected chi connectivity index (χ1v) is 13.0. The van der Waals surface area contributed by atoms with E-state index < -0.39 is 0 Å². The molecular formula is C26H30FN5O3S. The molecular weight excluding hydrogens is 481 g/mol. The predicted molar refractivity (Wildman–Crippen MR) is 138 cm³/mol. The number of carbonyl (C=O) groups is 1. The number of carbonyl (C=O) groups excluding carboxylic acids is 1. The molecule has 2 atom stereocenters. The zero-order valence-electron chi connectivity index (χ0n) is 20.4. The van der Waals surface area contributed by atoms with E-state index in [0.29, 0.717) is 34.2 Å². The van der Waals surface area contributed by atoms with Crippen LogP contribution in [0.1, 0.15) is 50.8 Å². The molecule has 0 radical (unpaired) electrons. The zero-order valence-corrected chi connectivity index (χ0v) is 21.2. The molecule has 1 amide bonds. The molecule has 1 fully saturated rings. The van der Waals surface area contributed by atoms with Gasteiger partial charge in [0.05, 0.1) is 5.69 Å². The van der Waals surface area contributed by atoms with E-state index in [2.05, 4.69) is 25.7 Å². The highest BCUT2D eigenvalue weighted by Crippen LogP contribution is 2.32. The molecule has 3 heterocycles. The summed E-state index contributed by atoms with van der Waals surface area (Å²) in [6, 6.07) is 8.80. The van der Waals surface area contributed by atoms with Gasteiger partial charge in [0.2, 0.25) is 0 Å². The Labute approximate surface area is 212 Å². The zero-order chi connectivity index (χ0) is 25.2. The summed E-state index contributed by atoms with van der Waals surface area (Å²) in [6.07, 6.45) is 2.56. The van der Waals surface area contributed by atoms with Crippen LogP contribution in [0.4, 0.5) is 10.1 Å². The fourth-order valence-corrected chi connectivity index (χ4v) is 5.80. The smallest absolute Gasteiger partial charge is 0.322 e. The molecule has 3 N–H and O–H groups in total. The Balaban J connectivity index is 1.24. The maximum atomic E-state index is 14.5. The van der Waals surface area contributed by atoms with Crippen LogP contribution in [0.5, 0.6) is 5.75 Å². The second kappa shape index (κ2) is 10.4. The van der Waals surface area contributed by atoms with Crippen molar-refractivity contribution in [3.63, 3.8) is 0 Å². The SMILES string of the molecule is Cc1cc(COc2ccc(C(=O)N[C@@H]3CCN(C)C[C@@H]3c3n[nH]c(=O)s3)cc2)c2c(c1F)NCCC2. The molecule has 36 heavy (non-hydrogen) atoms. The third kappa shape index (κ3) is 5.15. The van der Waals surface area contributed by atoms with Gasteiger partial charge in [-0.15, -0.1) is 0 Å². The first kappa shape index (κ1) is 24.5. The number of aromatic nitrogens is 2. The van der Waals surface area contributed by atoms with Crippen molar-refractivity contribution < 1.29 is 13.9 Å². The fourth-order valence-electron chi connectivity index (χ4n) is 5.03. The summed E-state index contributed by atoms with van der Waals surface area (Å²) in [5.41, 5.74) is 3.69. The lowest BCUT2D eigenvalue weighted by atomic mass is 9.92. The molecule has 0 bridgehead atoms. The lowest BCUT2D eigenvalue weighted by molar-refractivity contribution is 0.0904. The molecule has 2 aromatic carbocycles. The highest BCUT2D eigenvalue weighted by molar-refractivity contribution is 7.08. The van der Waals surface area contributed by atoms with Gasteiger partial charge in [-0.05, 0) is 86.8 Å². The van der Waals surface area contributed by atoms with Crippen LogP contribution < -0.4 is 20.2 Å². The average molecular weight is 512 g/mol. The number of piperidine rings is 1. The van der Waals surface area contributed by atoms with Crippen molar-refractivity contribution in [2.24, 2.45) is 0 Å². The number of anilines is 1. The molecule has 0 spiro atoms. The molecule has 5 rings (SSSR count). The molecule has 0 aliphatic carbocycles. The summed E-state index contributed by atoms with van der Waals surface area (Å²) in [4.78, 5) is 26.6. The topological polar surface area (TPSA) is 99.3 Å². The van der Waals surface area contributed by atoms with Crippen molar-refractivity contribution in [2.75, 3.05) is 32.0 Å². The van der Waals surface area contributed by atoms with Crippen LogP contribution in [0.15, 0.2) is 35.1 Å². The number of aryl methyl sites for hydroxylation is 1. The Morgan fingerprint density at radius 2 is 2.14 bits per heavy atom. The largest absolute Gasteiger partial charge is 0.489 e. The van der Waals surface area contributed by atoms with Gasteiger partial charge < -0.3 is 20.3 Å². The van der Waals surface area contributed by atoms with Crippen molar-refractivity contribution in [1.82, 2.24) is 20.4 Å². The number of likely N-dealkylation sites (tertiary alicyclic amines) is 1. The van der Waals surface area contributed by atoms with Crippen LogP contribution in [-0.2, 0) is 13.0 Å². The maximum Gasteiger partial charge on any atom is 0.322 e. The Morgan fingerprint density at radius 3 is 2.89 bits per heavy atom. The highest BCUT2D eigenvalue weighted by Gasteiger charge is 2.32. The Kier molecular flexibility index (Phi) is 7.06. The summed E-state index contributed by atoms with van der Waals surface area (Å²) in [7, 11) is 2.03. The van der Waals surface area contributed by atoms with Crippen molar-refractivity contribution in [2.45, 2.75) is 44.8 Å². The summed E-state index contributed by atoms with van der Waals surface area (Å²) in [5, 5.41) is 13.7. The third-order valence-electron chi connectivity index (χ3n) is 6.97. The summed E-state index contributed by atoms with van der Waals surface area (Å²) < 4.78 is 20.5. The normalized spacial score (nSPS) is 19.9. The van der Waals surface area contributed by atoms with E-state index in [9.17, 15) is 14.0 Å². The fraction of sp³-hybridized carbons (Fsp3) is 0.423. The van der Waals surface area contributed by atoms with Gasteiger partial charge in [-0.25, -0.2) is 9.49 Å². The van der Waals surface area contributed by atoms with E-state index >= 15 is 0 Å². The van der Waals surface area contributed by atoms with Gasteiger partial charge in [0.25, 0.3) is 5.91 Å². The van der Waals surface area contributed by atoms with Crippen molar-refractivity contribution in [3.05, 3.63) is 73.1 Å². The summed E-state index contributed by atoms with van der Waals surface area (Å²) >= 11 is 1.10. The molecule has 0 saturated carbocycles. The first-order valence-electron chi connectivity index (χ1n) is 12.2. The van der Waals surface area contributed by atoms with Crippen molar-refractivity contribution in [3.8, 4) is 5.75 Å². The number of likely N-dealkylation sites (N-methyl/N-ethyl adjacent to an activating group) is 1. The van der Waals surface area contributed by atoms with Crippen molar-refractivity contribution in [1.29, 1.82) is 0 Å². The van der Waals surface area contributed by atoms with E-state index in [1.54, 1.807) is 31.2 Å². The molecule has 10 heteroatoms. The highest BCUT2D eigenvalue weighted by atomic mass is 32.1. The number of halogens is 1. The molecule has 1 aromatic heterocycles. The Hall–Kier alpha value is -3.24. The number of hydrogen-bond acceptors (Lipinski definition) is 7. The number of nitrogens with one attached hydrogen (secondary N) is 3. The second-order valence-corrected chi connectivity index (χ2v) is 10.5. The molecule has 8 nitrogen and oxygen atoms in total. The minimum absolute atomic E-state index is 0.0427. The summed E-state index contributed by atoms with van der Waals surface area (Å²) in [6.45, 7) is 4.46. The van der Waals surface area contributed by atoms with Gasteiger partial charge in [-0.2, -0.15) is 5.10 Å². The number of fused-ring (bicyclic) bond motifs is 1. The number of amides is 1. The van der Waals surface area contributed by atoms with Gasteiger partial charge in [0.15, 0.2) is 0 Å². The Morgan fingerprint density at radius 1 is 1.33 bits per heavy atom. The number of nitrogens with zero attached hydrogens (tertiary/aromatic N) is 2. The monoisotopic (exact) mass is 511 g/mol. The van der Waals surface area contributed by atoms with E-state index in [-0.39, 0.29) is 28.6 Å². The van der Waals surface area contributed by atoms with E-state index in [1.807, 2.05) is 13.1 Å². The van der Waals surface area contributed by atoms with Gasteiger partial charge in [0, 0.05) is 30.6 Å². The van der Waals surface area contributed by atoms with Crippen LogP contribution in [0, 0.1) is 12.7 Å². The van der Waals surface area contributed by atoms with Gasteiger partial charge in [-0.3, -0.25) is 9.59 Å². The quantitative estimate of drug-likeness (QED) is 0.469.